The number of hydrogen-bond donors (Lipinski definition) is 3. The maximum Gasteiger partial charge on any atom is 0.118 e. The number of aliphatic hydroxyl groups is 1. The van der Waals surface area contributed by atoms with Gasteiger partial charge in [-0.05, 0) is 20.3 Å². The van der Waals surface area contributed by atoms with E-state index in [2.05, 4.69) is 24.4 Å². The Balaban J connectivity index is 2.48. The molecule has 1 heterocycles. The van der Waals surface area contributed by atoms with Crippen LogP contribution in [0.4, 0.5) is 0 Å². The molecule has 0 saturated heterocycles. The molecule has 4 heteroatoms. The molecule has 1 aliphatic rings. The first-order chi connectivity index (χ1) is 5.61. The van der Waals surface area contributed by atoms with Gasteiger partial charge in [0, 0.05) is 6.04 Å². The fourth-order valence-electron chi connectivity index (χ4n) is 1.31. The van der Waals surface area contributed by atoms with Gasteiger partial charge in [0.05, 0.1) is 6.17 Å². The van der Waals surface area contributed by atoms with Crippen LogP contribution in [0.25, 0.3) is 0 Å². The smallest absolute Gasteiger partial charge is 0.118 e. The van der Waals surface area contributed by atoms with E-state index >= 15 is 0 Å². The molecule has 0 bridgehead atoms. The van der Waals surface area contributed by atoms with Crippen molar-refractivity contribution in [2.24, 2.45) is 5.84 Å². The van der Waals surface area contributed by atoms with Crippen LogP contribution in [0.3, 0.4) is 0 Å². The summed E-state index contributed by atoms with van der Waals surface area (Å²) < 4.78 is 0. The van der Waals surface area contributed by atoms with Crippen molar-refractivity contribution in [3.8, 4) is 0 Å². The third-order valence-corrected chi connectivity index (χ3v) is 2.03. The van der Waals surface area contributed by atoms with Gasteiger partial charge in [-0.15, -0.1) is 0 Å². The van der Waals surface area contributed by atoms with Gasteiger partial charge in [0.25, 0.3) is 0 Å². The van der Waals surface area contributed by atoms with E-state index in [-0.39, 0.29) is 6.17 Å². The minimum absolute atomic E-state index is 0.0463. The molecule has 0 aromatic carbocycles. The van der Waals surface area contributed by atoms with E-state index in [4.69, 9.17) is 5.84 Å². The summed E-state index contributed by atoms with van der Waals surface area (Å²) >= 11 is 0. The van der Waals surface area contributed by atoms with Crippen LogP contribution in [-0.4, -0.2) is 28.6 Å². The van der Waals surface area contributed by atoms with Crippen molar-refractivity contribution in [1.82, 2.24) is 10.3 Å². The Labute approximate surface area is 73.0 Å². The highest BCUT2D eigenvalue weighted by Gasteiger charge is 2.20. The zero-order valence-corrected chi connectivity index (χ0v) is 7.57. The van der Waals surface area contributed by atoms with Gasteiger partial charge in [-0.25, -0.2) is 5.01 Å². The second kappa shape index (κ2) is 4.00. The average Bonchev–Trinajstić information content (AvgIpc) is 2.03. The van der Waals surface area contributed by atoms with Crippen molar-refractivity contribution in [2.75, 3.05) is 0 Å². The summed E-state index contributed by atoms with van der Waals surface area (Å²) in [5.74, 6) is 5.64. The van der Waals surface area contributed by atoms with E-state index < -0.39 is 6.23 Å². The van der Waals surface area contributed by atoms with Gasteiger partial charge in [-0.3, -0.25) is 11.2 Å². The lowest BCUT2D eigenvalue weighted by Gasteiger charge is -2.33. The molecule has 0 amide bonds. The van der Waals surface area contributed by atoms with Crippen LogP contribution in [-0.2, 0) is 0 Å². The second-order valence-corrected chi connectivity index (χ2v) is 3.21. The Morgan fingerprint density at radius 2 is 2.42 bits per heavy atom. The molecule has 1 aliphatic heterocycles. The van der Waals surface area contributed by atoms with Crippen molar-refractivity contribution >= 4 is 0 Å². The van der Waals surface area contributed by atoms with Crippen molar-refractivity contribution in [1.29, 1.82) is 0 Å². The normalized spacial score (nSPS) is 32.4. The van der Waals surface area contributed by atoms with E-state index in [9.17, 15) is 5.11 Å². The van der Waals surface area contributed by atoms with Gasteiger partial charge < -0.3 is 5.11 Å². The molecular formula is C8H17N3O. The molecular weight excluding hydrogens is 154 g/mol. The number of nitrogens with two attached hydrogens (primary N) is 1. The van der Waals surface area contributed by atoms with Crippen LogP contribution in [0, 0.1) is 0 Å². The highest BCUT2D eigenvalue weighted by molar-refractivity contribution is 4.99. The molecule has 1 rings (SSSR count). The molecule has 0 aromatic heterocycles. The van der Waals surface area contributed by atoms with Crippen molar-refractivity contribution in [3.63, 3.8) is 0 Å². The molecule has 0 spiro atoms. The third-order valence-electron chi connectivity index (χ3n) is 2.03. The maximum atomic E-state index is 9.20. The topological polar surface area (TPSA) is 61.5 Å². The quantitative estimate of drug-likeness (QED) is 0.232. The van der Waals surface area contributed by atoms with Gasteiger partial charge in [-0.1, -0.05) is 12.2 Å². The molecule has 0 radical (unpaired) electrons. The highest BCUT2D eigenvalue weighted by Crippen LogP contribution is 2.07. The monoisotopic (exact) mass is 171 g/mol. The van der Waals surface area contributed by atoms with E-state index in [1.54, 1.807) is 6.92 Å². The summed E-state index contributed by atoms with van der Waals surface area (Å²) in [6, 6.07) is 0.327. The summed E-state index contributed by atoms with van der Waals surface area (Å²) in [7, 11) is 0. The molecule has 3 atom stereocenters. The largest absolute Gasteiger partial charge is 0.377 e. The van der Waals surface area contributed by atoms with Crippen LogP contribution < -0.4 is 11.2 Å². The summed E-state index contributed by atoms with van der Waals surface area (Å²) in [6.45, 7) is 3.71. The molecule has 0 aliphatic carbocycles. The summed E-state index contributed by atoms with van der Waals surface area (Å²) in [6.07, 6.45) is 4.44. The number of hydrogen-bond acceptors (Lipinski definition) is 4. The van der Waals surface area contributed by atoms with Gasteiger partial charge in [0.15, 0.2) is 0 Å². The number of rotatable bonds is 2. The lowest BCUT2D eigenvalue weighted by atomic mass is 10.1. The fraction of sp³-hybridized carbons (Fsp3) is 0.750. The SMILES string of the molecule is CC1C=CCC(N(N)C(C)O)N1. The minimum Gasteiger partial charge on any atom is -0.377 e. The number of nitrogens with zero attached hydrogens (tertiary/aromatic N) is 1. The average molecular weight is 171 g/mol. The van der Waals surface area contributed by atoms with Crippen LogP contribution in [0.15, 0.2) is 12.2 Å². The minimum atomic E-state index is -0.610. The summed E-state index contributed by atoms with van der Waals surface area (Å²) in [5.41, 5.74) is 0. The second-order valence-electron chi connectivity index (χ2n) is 3.21. The zero-order chi connectivity index (χ0) is 9.14. The van der Waals surface area contributed by atoms with Crippen LogP contribution in [0.1, 0.15) is 20.3 Å². The van der Waals surface area contributed by atoms with Gasteiger partial charge in [-0.2, -0.15) is 0 Å². The van der Waals surface area contributed by atoms with E-state index in [0.717, 1.165) is 6.42 Å². The fourth-order valence-corrected chi connectivity index (χ4v) is 1.31. The Kier molecular flexibility index (Phi) is 3.22. The molecule has 70 valence electrons. The van der Waals surface area contributed by atoms with Crippen LogP contribution >= 0.6 is 0 Å². The predicted octanol–water partition coefficient (Wildman–Crippen LogP) is -0.236. The molecule has 4 N–H and O–H groups in total. The van der Waals surface area contributed by atoms with Gasteiger partial charge in [0.2, 0.25) is 0 Å². The van der Waals surface area contributed by atoms with Crippen molar-refractivity contribution in [3.05, 3.63) is 12.2 Å². The molecule has 0 aromatic rings. The van der Waals surface area contributed by atoms with Crippen molar-refractivity contribution in [2.45, 2.75) is 38.7 Å². The summed E-state index contributed by atoms with van der Waals surface area (Å²) in [5, 5.41) is 13.9. The molecule has 0 fully saturated rings. The first-order valence-corrected chi connectivity index (χ1v) is 4.25. The lowest BCUT2D eigenvalue weighted by molar-refractivity contribution is -0.0250. The van der Waals surface area contributed by atoms with Gasteiger partial charge >= 0.3 is 0 Å². The first kappa shape index (κ1) is 9.67. The Bertz CT molecular complexity index is 170. The highest BCUT2D eigenvalue weighted by atomic mass is 16.3. The number of hydrazine groups is 1. The zero-order valence-electron chi connectivity index (χ0n) is 7.57. The molecule has 12 heavy (non-hydrogen) atoms. The maximum absolute atomic E-state index is 9.20. The van der Waals surface area contributed by atoms with E-state index in [1.165, 1.54) is 5.01 Å². The molecule has 4 nitrogen and oxygen atoms in total. The van der Waals surface area contributed by atoms with E-state index in [1.807, 2.05) is 0 Å². The first-order valence-electron chi connectivity index (χ1n) is 4.25. The number of aliphatic hydroxyl groups excluding tert-OH is 1. The number of nitrogens with one attached hydrogen (secondary N) is 1. The Morgan fingerprint density at radius 1 is 1.75 bits per heavy atom. The standard InChI is InChI=1S/C8H17N3O/c1-6-4-3-5-8(10-6)11(9)7(2)12/h3-4,6-8,10,12H,5,9H2,1-2H3. The van der Waals surface area contributed by atoms with Crippen LogP contribution in [0.5, 0.6) is 0 Å². The predicted molar refractivity (Wildman–Crippen MR) is 47.8 cm³/mol. The van der Waals surface area contributed by atoms with Gasteiger partial charge in [0.1, 0.15) is 6.23 Å². The van der Waals surface area contributed by atoms with Crippen molar-refractivity contribution < 1.29 is 5.11 Å². The third kappa shape index (κ3) is 2.28. The molecule has 3 unspecified atom stereocenters. The van der Waals surface area contributed by atoms with E-state index in [0.29, 0.717) is 6.04 Å². The Morgan fingerprint density at radius 3 is 2.92 bits per heavy atom. The summed E-state index contributed by atoms with van der Waals surface area (Å²) in [4.78, 5) is 0. The lowest BCUT2D eigenvalue weighted by Crippen LogP contribution is -2.56. The Hall–Kier alpha value is -0.420. The van der Waals surface area contributed by atoms with Crippen LogP contribution in [0.2, 0.25) is 0 Å². The molecule has 0 saturated carbocycles.